The first-order valence-corrected chi connectivity index (χ1v) is 13.1. The number of benzene rings is 1. The number of hydrogen-bond donors (Lipinski definition) is 0. The van der Waals surface area contributed by atoms with Crippen LogP contribution < -0.4 is 0 Å². The minimum atomic E-state index is -3.56. The van der Waals surface area contributed by atoms with Crippen LogP contribution in [0.5, 0.6) is 0 Å². The number of aryl methyl sites for hydroxylation is 2. The fraction of sp³-hybridized carbons (Fsp3) is 0.652. The van der Waals surface area contributed by atoms with E-state index in [0.29, 0.717) is 31.1 Å². The summed E-state index contributed by atoms with van der Waals surface area (Å²) >= 11 is 0. The van der Waals surface area contributed by atoms with E-state index in [1.165, 1.54) is 9.87 Å². The predicted octanol–water partition coefficient (Wildman–Crippen LogP) is 0.951. The Morgan fingerprint density at radius 3 is 2.34 bits per heavy atom. The summed E-state index contributed by atoms with van der Waals surface area (Å²) in [6.45, 7) is 2.30. The Morgan fingerprint density at radius 1 is 0.969 bits per heavy atom. The number of nitrogens with zero attached hydrogens (tertiary/aromatic N) is 4. The molecule has 0 N–H and O–H groups in total. The molecule has 1 aromatic carbocycles. The molecule has 1 aliphatic carbocycles. The van der Waals surface area contributed by atoms with E-state index in [1.807, 2.05) is 17.0 Å². The second-order valence-corrected chi connectivity index (χ2v) is 11.2. The number of carbonyl (C=O) groups is 2. The van der Waals surface area contributed by atoms with Crippen molar-refractivity contribution in [2.45, 2.75) is 49.5 Å². The van der Waals surface area contributed by atoms with Gasteiger partial charge in [-0.25, -0.2) is 8.42 Å². The first kappa shape index (κ1) is 23.2. The van der Waals surface area contributed by atoms with Gasteiger partial charge in [-0.3, -0.25) is 14.5 Å². The van der Waals surface area contributed by atoms with Crippen LogP contribution in [-0.2, 0) is 32.5 Å². The summed E-state index contributed by atoms with van der Waals surface area (Å²) in [5.74, 6) is 0.00514. The molecule has 2 saturated heterocycles. The monoisotopic (exact) mass is 462 g/mol. The van der Waals surface area contributed by atoms with Crippen LogP contribution >= 0.6 is 0 Å². The average molecular weight is 463 g/mol. The van der Waals surface area contributed by atoms with Crippen LogP contribution in [0.25, 0.3) is 0 Å². The van der Waals surface area contributed by atoms with Gasteiger partial charge in [0.1, 0.15) is 0 Å². The molecule has 3 aliphatic rings. The highest BCUT2D eigenvalue weighted by molar-refractivity contribution is 7.89. The van der Waals surface area contributed by atoms with E-state index in [0.717, 1.165) is 50.6 Å². The maximum Gasteiger partial charge on any atom is 0.243 e. The molecule has 9 heteroatoms. The van der Waals surface area contributed by atoms with Gasteiger partial charge in [-0.15, -0.1) is 0 Å². The molecule has 0 bridgehead atoms. The number of amides is 2. The lowest BCUT2D eigenvalue weighted by Gasteiger charge is -2.35. The van der Waals surface area contributed by atoms with Gasteiger partial charge in [-0.05, 0) is 68.3 Å². The van der Waals surface area contributed by atoms with Crippen molar-refractivity contribution in [2.75, 3.05) is 53.4 Å². The number of likely N-dealkylation sites (tertiary alicyclic amines) is 1. The summed E-state index contributed by atoms with van der Waals surface area (Å²) < 4.78 is 27.9. The lowest BCUT2D eigenvalue weighted by Crippen LogP contribution is -2.53. The van der Waals surface area contributed by atoms with Crippen LogP contribution in [0.4, 0.5) is 0 Å². The standard InChI is InChI=1S/C23H34N4O4S/c1-24(2)23(29)21-8-5-11-26(21)17-22(28)25-12-14-27(15-13-25)32(30,31)20-10-9-18-6-3-4-7-19(18)16-20/h9-10,16,21H,3-8,11-15,17H2,1-2H3. The fourth-order valence-electron chi connectivity index (χ4n) is 5.06. The molecule has 2 heterocycles. The number of fused-ring (bicyclic) bond motifs is 1. The summed E-state index contributed by atoms with van der Waals surface area (Å²) in [6, 6.07) is 5.30. The molecule has 1 atom stereocenters. The van der Waals surface area contributed by atoms with E-state index in [9.17, 15) is 18.0 Å². The Balaban J connectivity index is 1.35. The summed E-state index contributed by atoms with van der Waals surface area (Å²) in [5.41, 5.74) is 2.41. The highest BCUT2D eigenvalue weighted by atomic mass is 32.2. The first-order chi connectivity index (χ1) is 15.3. The zero-order valence-corrected chi connectivity index (χ0v) is 19.9. The van der Waals surface area contributed by atoms with E-state index in [1.54, 1.807) is 30.0 Å². The number of rotatable bonds is 5. The molecule has 1 unspecified atom stereocenters. The van der Waals surface area contributed by atoms with Gasteiger partial charge in [-0.1, -0.05) is 6.07 Å². The number of carbonyl (C=O) groups excluding carboxylic acids is 2. The van der Waals surface area contributed by atoms with Crippen molar-refractivity contribution in [2.24, 2.45) is 0 Å². The Kier molecular flexibility index (Phi) is 6.88. The Hall–Kier alpha value is -1.97. The third kappa shape index (κ3) is 4.70. The van der Waals surface area contributed by atoms with E-state index in [2.05, 4.69) is 0 Å². The van der Waals surface area contributed by atoms with E-state index >= 15 is 0 Å². The molecule has 0 radical (unpaired) electrons. The van der Waals surface area contributed by atoms with Crippen molar-refractivity contribution in [3.8, 4) is 0 Å². The molecule has 0 spiro atoms. The minimum absolute atomic E-state index is 0.0331. The zero-order valence-electron chi connectivity index (χ0n) is 19.1. The smallest absolute Gasteiger partial charge is 0.243 e. The van der Waals surface area contributed by atoms with Gasteiger partial charge in [0.05, 0.1) is 17.5 Å². The van der Waals surface area contributed by atoms with Crippen molar-refractivity contribution >= 4 is 21.8 Å². The van der Waals surface area contributed by atoms with Crippen molar-refractivity contribution in [3.05, 3.63) is 29.3 Å². The van der Waals surface area contributed by atoms with Crippen LogP contribution in [-0.4, -0.2) is 98.6 Å². The zero-order chi connectivity index (χ0) is 22.9. The van der Waals surface area contributed by atoms with E-state index in [-0.39, 0.29) is 24.4 Å². The molecule has 1 aromatic rings. The summed E-state index contributed by atoms with van der Waals surface area (Å²) in [5, 5.41) is 0. The van der Waals surface area contributed by atoms with Crippen LogP contribution in [0.15, 0.2) is 23.1 Å². The molecule has 2 fully saturated rings. The predicted molar refractivity (Wildman–Crippen MR) is 122 cm³/mol. The average Bonchev–Trinajstić information content (AvgIpc) is 3.26. The highest BCUT2D eigenvalue weighted by Crippen LogP contribution is 2.26. The van der Waals surface area contributed by atoms with Gasteiger partial charge in [0.2, 0.25) is 21.8 Å². The van der Waals surface area contributed by atoms with Crippen molar-refractivity contribution in [1.29, 1.82) is 0 Å². The fourth-order valence-corrected chi connectivity index (χ4v) is 6.54. The number of likely N-dealkylation sites (N-methyl/N-ethyl adjacent to an activating group) is 1. The largest absolute Gasteiger partial charge is 0.347 e. The van der Waals surface area contributed by atoms with Gasteiger partial charge in [0.15, 0.2) is 0 Å². The van der Waals surface area contributed by atoms with Gasteiger partial charge in [0.25, 0.3) is 0 Å². The summed E-state index contributed by atoms with van der Waals surface area (Å²) in [4.78, 5) is 30.9. The SMILES string of the molecule is CN(C)C(=O)C1CCCN1CC(=O)N1CCN(S(=O)(=O)c2ccc3c(c2)CCCC3)CC1. The Bertz CT molecular complexity index is 970. The molecule has 32 heavy (non-hydrogen) atoms. The maximum atomic E-state index is 13.2. The third-order valence-corrected chi connectivity index (χ3v) is 8.87. The normalized spacial score (nSPS) is 22.6. The van der Waals surface area contributed by atoms with Gasteiger partial charge >= 0.3 is 0 Å². The lowest BCUT2D eigenvalue weighted by atomic mass is 9.92. The molecular weight excluding hydrogens is 428 g/mol. The lowest BCUT2D eigenvalue weighted by molar-refractivity contribution is -0.137. The highest BCUT2D eigenvalue weighted by Gasteiger charge is 2.35. The number of hydrogen-bond acceptors (Lipinski definition) is 5. The number of piperazine rings is 1. The second kappa shape index (κ2) is 9.49. The topological polar surface area (TPSA) is 81.2 Å². The van der Waals surface area contributed by atoms with Gasteiger partial charge in [0, 0.05) is 40.3 Å². The Morgan fingerprint density at radius 2 is 1.66 bits per heavy atom. The maximum absolute atomic E-state index is 13.2. The molecule has 2 aliphatic heterocycles. The molecule has 176 valence electrons. The quantitative estimate of drug-likeness (QED) is 0.651. The van der Waals surface area contributed by atoms with Crippen LogP contribution in [0.1, 0.15) is 36.8 Å². The van der Waals surface area contributed by atoms with E-state index in [4.69, 9.17) is 0 Å². The van der Waals surface area contributed by atoms with Crippen LogP contribution in [0.2, 0.25) is 0 Å². The van der Waals surface area contributed by atoms with Crippen molar-refractivity contribution in [3.63, 3.8) is 0 Å². The Labute approximate surface area is 191 Å². The molecule has 0 saturated carbocycles. The molecule has 0 aromatic heterocycles. The van der Waals surface area contributed by atoms with Crippen LogP contribution in [0, 0.1) is 0 Å². The molecule has 4 rings (SSSR count). The van der Waals surface area contributed by atoms with E-state index < -0.39 is 10.0 Å². The van der Waals surface area contributed by atoms with Gasteiger partial charge in [-0.2, -0.15) is 4.31 Å². The third-order valence-electron chi connectivity index (χ3n) is 6.98. The second-order valence-electron chi connectivity index (χ2n) is 9.28. The number of sulfonamides is 1. The minimum Gasteiger partial charge on any atom is -0.347 e. The van der Waals surface area contributed by atoms with Crippen LogP contribution in [0.3, 0.4) is 0 Å². The van der Waals surface area contributed by atoms with Crippen molar-refractivity contribution in [1.82, 2.24) is 19.0 Å². The summed E-state index contributed by atoms with van der Waals surface area (Å²) in [7, 11) is -0.0839. The summed E-state index contributed by atoms with van der Waals surface area (Å²) in [6.07, 6.45) is 5.91. The molecule has 2 amide bonds. The molecule has 8 nitrogen and oxygen atoms in total. The van der Waals surface area contributed by atoms with Crippen molar-refractivity contribution < 1.29 is 18.0 Å². The van der Waals surface area contributed by atoms with Gasteiger partial charge < -0.3 is 9.80 Å². The first-order valence-electron chi connectivity index (χ1n) is 11.6. The molecular formula is C23H34N4O4S.